The van der Waals surface area contributed by atoms with Gasteiger partial charge in [-0.2, -0.15) is 14.0 Å². The van der Waals surface area contributed by atoms with Gasteiger partial charge in [-0.15, -0.1) is 11.3 Å². The Hall–Kier alpha value is -3.28. The summed E-state index contributed by atoms with van der Waals surface area (Å²) in [7, 11) is 0. The van der Waals surface area contributed by atoms with Crippen molar-refractivity contribution in [2.45, 2.75) is 12.7 Å². The molecule has 0 aliphatic heterocycles. The van der Waals surface area contributed by atoms with Crippen molar-refractivity contribution in [3.8, 4) is 11.8 Å². The minimum absolute atomic E-state index is 0.00237. The summed E-state index contributed by atoms with van der Waals surface area (Å²) < 4.78 is 29.1. The number of alkyl halides is 2. The second-order valence-corrected chi connectivity index (χ2v) is 6.91. The van der Waals surface area contributed by atoms with E-state index >= 15 is 0 Å². The molecule has 1 heterocycles. The first-order chi connectivity index (χ1) is 14.1. The zero-order chi connectivity index (χ0) is 20.6. The number of halogens is 2. The lowest BCUT2D eigenvalue weighted by Crippen LogP contribution is -2.31. The highest BCUT2D eigenvalue weighted by atomic mass is 32.1. The van der Waals surface area contributed by atoms with Gasteiger partial charge in [0.05, 0.1) is 18.2 Å². The standard InChI is InChI=1S/C21H17F2N3O2S/c22-21(23)28-17-8-6-15(7-9-17)19(14-4-2-1-3-5-14)25-13-18(27)26-20-16(12-24)10-11-29-20/h1-11,19,21,25H,13H2,(H,26,27)/t19-/m1/s1. The molecule has 0 aliphatic rings. The number of carbonyl (C=O) groups is 1. The summed E-state index contributed by atoms with van der Waals surface area (Å²) in [5.41, 5.74) is 2.12. The van der Waals surface area contributed by atoms with Gasteiger partial charge >= 0.3 is 6.61 Å². The molecule has 148 valence electrons. The van der Waals surface area contributed by atoms with Gasteiger partial charge in [-0.1, -0.05) is 42.5 Å². The minimum atomic E-state index is -2.89. The fraction of sp³-hybridized carbons (Fsp3) is 0.143. The summed E-state index contributed by atoms with van der Waals surface area (Å²) in [6.07, 6.45) is 0. The number of carbonyl (C=O) groups excluding carboxylic acids is 1. The maximum Gasteiger partial charge on any atom is 0.387 e. The molecule has 5 nitrogen and oxygen atoms in total. The topological polar surface area (TPSA) is 74.2 Å². The van der Waals surface area contributed by atoms with Crippen LogP contribution in [-0.4, -0.2) is 19.1 Å². The number of anilines is 1. The van der Waals surface area contributed by atoms with Crippen LogP contribution in [0.25, 0.3) is 0 Å². The van der Waals surface area contributed by atoms with Crippen molar-refractivity contribution in [3.05, 3.63) is 82.7 Å². The Labute approximate surface area is 170 Å². The van der Waals surface area contributed by atoms with Crippen LogP contribution in [0, 0.1) is 11.3 Å². The van der Waals surface area contributed by atoms with Crippen molar-refractivity contribution in [1.29, 1.82) is 5.26 Å². The van der Waals surface area contributed by atoms with Gasteiger partial charge in [0.2, 0.25) is 5.91 Å². The monoisotopic (exact) mass is 413 g/mol. The Morgan fingerprint density at radius 2 is 1.76 bits per heavy atom. The molecule has 0 saturated carbocycles. The number of thiophene rings is 1. The van der Waals surface area contributed by atoms with Gasteiger partial charge in [0.15, 0.2) is 0 Å². The first kappa shape index (κ1) is 20.5. The van der Waals surface area contributed by atoms with Crippen LogP contribution in [0.2, 0.25) is 0 Å². The van der Waals surface area contributed by atoms with E-state index in [1.165, 1.54) is 23.5 Å². The molecule has 0 unspecified atom stereocenters. The predicted octanol–water partition coefficient (Wildman–Crippen LogP) is 4.54. The van der Waals surface area contributed by atoms with E-state index in [1.54, 1.807) is 23.6 Å². The molecule has 2 N–H and O–H groups in total. The van der Waals surface area contributed by atoms with Gasteiger partial charge in [-0.3, -0.25) is 10.1 Å². The average Bonchev–Trinajstić information content (AvgIpc) is 3.16. The molecule has 3 rings (SSSR count). The molecule has 1 aromatic heterocycles. The van der Waals surface area contributed by atoms with E-state index in [0.29, 0.717) is 10.6 Å². The van der Waals surface area contributed by atoms with Gasteiger partial charge in [0.25, 0.3) is 0 Å². The summed E-state index contributed by atoms with van der Waals surface area (Å²) in [4.78, 5) is 12.3. The summed E-state index contributed by atoms with van der Waals surface area (Å²) >= 11 is 1.28. The first-order valence-corrected chi connectivity index (χ1v) is 9.55. The van der Waals surface area contributed by atoms with Crippen molar-refractivity contribution in [3.63, 3.8) is 0 Å². The molecule has 0 spiro atoms. The third kappa shape index (κ3) is 5.60. The Morgan fingerprint density at radius 3 is 2.41 bits per heavy atom. The largest absolute Gasteiger partial charge is 0.435 e. The Kier molecular flexibility index (Phi) is 6.89. The molecule has 0 fully saturated rings. The maximum atomic E-state index is 12.4. The van der Waals surface area contributed by atoms with Crippen molar-refractivity contribution in [2.75, 3.05) is 11.9 Å². The number of nitrogens with zero attached hydrogens (tertiary/aromatic N) is 1. The van der Waals surface area contributed by atoms with Gasteiger partial charge in [0.1, 0.15) is 16.8 Å². The van der Waals surface area contributed by atoms with Gasteiger partial charge in [-0.25, -0.2) is 0 Å². The molecule has 1 amide bonds. The predicted molar refractivity (Wildman–Crippen MR) is 107 cm³/mol. The zero-order valence-corrected chi connectivity index (χ0v) is 16.0. The van der Waals surface area contributed by atoms with E-state index in [2.05, 4.69) is 15.4 Å². The lowest BCUT2D eigenvalue weighted by Gasteiger charge is -2.20. The molecule has 0 aliphatic carbocycles. The number of ether oxygens (including phenoxy) is 1. The van der Waals surface area contributed by atoms with Crippen LogP contribution in [0.15, 0.2) is 66.0 Å². The molecule has 1 atom stereocenters. The van der Waals surface area contributed by atoms with Crippen molar-refractivity contribution >= 4 is 22.2 Å². The number of nitrogens with one attached hydrogen (secondary N) is 2. The van der Waals surface area contributed by atoms with E-state index in [-0.39, 0.29) is 24.2 Å². The van der Waals surface area contributed by atoms with E-state index in [4.69, 9.17) is 5.26 Å². The second-order valence-electron chi connectivity index (χ2n) is 6.00. The number of rotatable bonds is 8. The fourth-order valence-corrected chi connectivity index (χ4v) is 3.53. The first-order valence-electron chi connectivity index (χ1n) is 8.67. The lowest BCUT2D eigenvalue weighted by atomic mass is 9.98. The number of nitriles is 1. The smallest absolute Gasteiger partial charge is 0.387 e. The third-order valence-electron chi connectivity index (χ3n) is 4.08. The highest BCUT2D eigenvalue weighted by molar-refractivity contribution is 7.14. The van der Waals surface area contributed by atoms with Crippen LogP contribution in [0.4, 0.5) is 13.8 Å². The molecule has 3 aromatic rings. The molecular weight excluding hydrogens is 396 g/mol. The SMILES string of the molecule is N#Cc1ccsc1NC(=O)CN[C@H](c1ccccc1)c1ccc(OC(F)F)cc1. The van der Waals surface area contributed by atoms with Crippen LogP contribution >= 0.6 is 11.3 Å². The summed E-state index contributed by atoms with van der Waals surface area (Å²) in [5, 5.41) is 17.2. The fourth-order valence-electron chi connectivity index (χ4n) is 2.78. The molecule has 0 bridgehead atoms. The highest BCUT2D eigenvalue weighted by Crippen LogP contribution is 2.25. The van der Waals surface area contributed by atoms with Crippen molar-refractivity contribution in [2.24, 2.45) is 0 Å². The summed E-state index contributed by atoms with van der Waals surface area (Å²) in [5.74, 6) is -0.224. The maximum absolute atomic E-state index is 12.4. The van der Waals surface area contributed by atoms with Crippen LogP contribution in [0.3, 0.4) is 0 Å². The van der Waals surface area contributed by atoms with Crippen LogP contribution < -0.4 is 15.4 Å². The van der Waals surface area contributed by atoms with Gasteiger partial charge < -0.3 is 10.1 Å². The number of amides is 1. The Balaban J connectivity index is 1.73. The van der Waals surface area contributed by atoms with Crippen LogP contribution in [0.5, 0.6) is 5.75 Å². The number of hydrogen-bond donors (Lipinski definition) is 2. The van der Waals surface area contributed by atoms with E-state index in [9.17, 15) is 13.6 Å². The summed E-state index contributed by atoms with van der Waals surface area (Å²) in [6.45, 7) is -2.89. The Morgan fingerprint density at radius 1 is 1.07 bits per heavy atom. The van der Waals surface area contributed by atoms with Crippen LogP contribution in [0.1, 0.15) is 22.7 Å². The molecule has 0 saturated heterocycles. The van der Waals surface area contributed by atoms with Crippen molar-refractivity contribution in [1.82, 2.24) is 5.32 Å². The third-order valence-corrected chi connectivity index (χ3v) is 4.91. The van der Waals surface area contributed by atoms with E-state index in [0.717, 1.165) is 11.1 Å². The van der Waals surface area contributed by atoms with Gasteiger partial charge in [-0.05, 0) is 34.7 Å². The zero-order valence-electron chi connectivity index (χ0n) is 15.1. The number of hydrogen-bond acceptors (Lipinski definition) is 5. The average molecular weight is 413 g/mol. The second kappa shape index (κ2) is 9.78. The van der Waals surface area contributed by atoms with Crippen molar-refractivity contribution < 1.29 is 18.3 Å². The minimum Gasteiger partial charge on any atom is -0.435 e. The van der Waals surface area contributed by atoms with E-state index < -0.39 is 6.61 Å². The highest BCUT2D eigenvalue weighted by Gasteiger charge is 2.16. The van der Waals surface area contributed by atoms with E-state index in [1.807, 2.05) is 36.4 Å². The van der Waals surface area contributed by atoms with Gasteiger partial charge in [0, 0.05) is 0 Å². The number of benzene rings is 2. The normalized spacial score (nSPS) is 11.7. The molecule has 0 radical (unpaired) electrons. The molecule has 2 aromatic carbocycles. The molecule has 8 heteroatoms. The molecule has 29 heavy (non-hydrogen) atoms. The lowest BCUT2D eigenvalue weighted by molar-refractivity contribution is -0.115. The summed E-state index contributed by atoms with van der Waals surface area (Å²) in [6, 6.07) is 19.1. The quantitative estimate of drug-likeness (QED) is 0.569. The Bertz CT molecular complexity index is 985. The van der Waals surface area contributed by atoms with Crippen LogP contribution in [-0.2, 0) is 4.79 Å². The molecular formula is C21H17F2N3O2S.